The normalized spacial score (nSPS) is 31.9. The number of quaternary nitrogens is 1. The number of thiophene rings is 2. The molecular weight excluding hydrogens is 530 g/mol. The highest BCUT2D eigenvalue weighted by Gasteiger charge is 2.71. The molecule has 3 fully saturated rings. The molecule has 0 spiro atoms. The summed E-state index contributed by atoms with van der Waals surface area (Å²) < 4.78 is 12.6. The van der Waals surface area contributed by atoms with Gasteiger partial charge in [0, 0.05) is 12.8 Å². The number of esters is 1. The van der Waals surface area contributed by atoms with Crippen LogP contribution in [0.1, 0.15) is 22.6 Å². The quantitative estimate of drug-likeness (QED) is 0.357. The van der Waals surface area contributed by atoms with Gasteiger partial charge >= 0.3 is 5.97 Å². The van der Waals surface area contributed by atoms with Crippen LogP contribution >= 0.6 is 56.6 Å². The number of halogens is 2. The van der Waals surface area contributed by atoms with Gasteiger partial charge in [-0.3, -0.25) is 0 Å². The summed E-state index contributed by atoms with van der Waals surface area (Å²) in [4.78, 5) is 14.3. The summed E-state index contributed by atoms with van der Waals surface area (Å²) in [6, 6.07) is 8.01. The van der Waals surface area contributed by atoms with Gasteiger partial charge in [0.05, 0.1) is 23.8 Å². The first kappa shape index (κ1) is 22.4. The van der Waals surface area contributed by atoms with Crippen LogP contribution in [0.2, 0.25) is 0 Å². The van der Waals surface area contributed by atoms with Crippen LogP contribution in [0.3, 0.4) is 0 Å². The second kappa shape index (κ2) is 7.76. The molecule has 1 unspecified atom stereocenters. The van der Waals surface area contributed by atoms with Gasteiger partial charge in [-0.2, -0.15) is 0 Å². The highest BCUT2D eigenvalue weighted by atomic mass is 79.9. The number of hydrogen-bond donors (Lipinski definition) is 1. The molecule has 2 aromatic heterocycles. The first-order valence-corrected chi connectivity index (χ1v) is 10.7. The van der Waals surface area contributed by atoms with E-state index in [1.54, 1.807) is 12.1 Å². The minimum atomic E-state index is -1.72. The van der Waals surface area contributed by atoms with Crippen LogP contribution < -0.4 is 0 Å². The Labute approximate surface area is 193 Å². The maximum Gasteiger partial charge on any atom is 0.349 e. The van der Waals surface area contributed by atoms with Crippen molar-refractivity contribution in [3.8, 4) is 0 Å². The standard InChI is InChI=1S/C19H22NO4S2.2BrH/c1-20(2)12-9-11(10-13(20)17-16(12)24-17)23-18(21)19(22,14-5-3-7-25-14)15-6-4-8-26-15;;/h3-8,11-13,16-17,22H,9-10H2,1-2H3;2*1H/q+1;;/t11?,12-,13+,16-,17+;;. The Bertz CT molecular complexity index is 773. The van der Waals surface area contributed by atoms with E-state index in [9.17, 15) is 9.90 Å². The molecule has 2 bridgehead atoms. The summed E-state index contributed by atoms with van der Waals surface area (Å²) in [5.74, 6) is -0.561. The van der Waals surface area contributed by atoms with E-state index in [0.717, 1.165) is 17.3 Å². The zero-order valence-electron chi connectivity index (χ0n) is 15.5. The molecule has 5 nitrogen and oxygen atoms in total. The lowest BCUT2D eigenvalue weighted by atomic mass is 9.95. The lowest BCUT2D eigenvalue weighted by Gasteiger charge is -2.45. The van der Waals surface area contributed by atoms with E-state index < -0.39 is 11.6 Å². The van der Waals surface area contributed by atoms with Gasteiger partial charge in [0.1, 0.15) is 30.4 Å². The number of epoxide rings is 1. The van der Waals surface area contributed by atoms with Crippen molar-refractivity contribution < 1.29 is 23.9 Å². The fourth-order valence-electron chi connectivity index (χ4n) is 4.83. The molecular formula is C19H24Br2NO4S2+. The molecule has 0 saturated carbocycles. The number of hydrogen-bond acceptors (Lipinski definition) is 6. The highest BCUT2D eigenvalue weighted by molar-refractivity contribution is 8.93. The van der Waals surface area contributed by atoms with E-state index >= 15 is 0 Å². The van der Waals surface area contributed by atoms with Gasteiger partial charge in [-0.1, -0.05) is 12.1 Å². The van der Waals surface area contributed by atoms with E-state index in [0.29, 0.717) is 34.0 Å². The van der Waals surface area contributed by atoms with Gasteiger partial charge in [0.25, 0.3) is 0 Å². The van der Waals surface area contributed by atoms with Crippen molar-refractivity contribution in [3.05, 3.63) is 44.8 Å². The third-order valence-corrected chi connectivity index (χ3v) is 8.32. The van der Waals surface area contributed by atoms with Crippen LogP contribution in [-0.2, 0) is 19.9 Å². The molecule has 3 saturated heterocycles. The Hall–Kier alpha value is -0.290. The lowest BCUT2D eigenvalue weighted by molar-refractivity contribution is -0.938. The van der Waals surface area contributed by atoms with Crippen molar-refractivity contribution >= 4 is 62.6 Å². The Morgan fingerprint density at radius 2 is 1.61 bits per heavy atom. The van der Waals surface area contributed by atoms with Gasteiger partial charge in [-0.05, 0) is 22.9 Å². The fourth-order valence-corrected chi connectivity index (χ4v) is 6.54. The molecule has 5 rings (SSSR count). The molecule has 154 valence electrons. The van der Waals surface area contributed by atoms with Crippen LogP contribution in [0.4, 0.5) is 0 Å². The summed E-state index contributed by atoms with van der Waals surface area (Å²) in [6.45, 7) is 0. The SMILES string of the molecule is Br.Br.C[N+]1(C)[C@@H]2CC(OC(=O)C(O)(c3cccs3)c3cccs3)C[C@H]1[C@@H]1O[C@@H]12. The first-order chi connectivity index (χ1) is 12.4. The second-order valence-corrected chi connectivity index (χ2v) is 9.89. The number of morpholine rings is 1. The number of nitrogens with zero attached hydrogens (tertiary/aromatic N) is 1. The Kier molecular flexibility index (Phi) is 6.20. The summed E-state index contributed by atoms with van der Waals surface area (Å²) in [5, 5.41) is 15.1. The number of ether oxygens (including phenoxy) is 2. The predicted molar refractivity (Wildman–Crippen MR) is 120 cm³/mol. The molecule has 9 heteroatoms. The van der Waals surface area contributed by atoms with Crippen molar-refractivity contribution in [1.82, 2.24) is 0 Å². The third kappa shape index (κ3) is 3.23. The zero-order chi connectivity index (χ0) is 18.1. The molecule has 0 amide bonds. The van der Waals surface area contributed by atoms with Gasteiger partial charge in [-0.25, -0.2) is 4.79 Å². The van der Waals surface area contributed by atoms with Gasteiger partial charge in [-0.15, -0.1) is 56.6 Å². The molecule has 0 radical (unpaired) electrons. The average Bonchev–Trinajstić information content (AvgIpc) is 2.98. The van der Waals surface area contributed by atoms with Crippen LogP contribution in [-0.4, -0.2) is 60.0 Å². The van der Waals surface area contributed by atoms with Crippen molar-refractivity contribution in [2.45, 2.75) is 48.8 Å². The third-order valence-electron chi connectivity index (χ3n) is 6.36. The van der Waals surface area contributed by atoms with E-state index in [-0.39, 0.29) is 40.1 Å². The highest BCUT2D eigenvalue weighted by Crippen LogP contribution is 2.52. The average molecular weight is 554 g/mol. The van der Waals surface area contributed by atoms with Crippen molar-refractivity contribution in [2.75, 3.05) is 14.1 Å². The smallest absolute Gasteiger partial charge is 0.349 e. The Morgan fingerprint density at radius 1 is 1.11 bits per heavy atom. The van der Waals surface area contributed by atoms with Gasteiger partial charge in [0.2, 0.25) is 5.60 Å². The topological polar surface area (TPSA) is 59.1 Å². The van der Waals surface area contributed by atoms with Gasteiger partial charge in [0.15, 0.2) is 0 Å². The Morgan fingerprint density at radius 3 is 2.04 bits per heavy atom. The first-order valence-electron chi connectivity index (χ1n) is 8.92. The van der Waals surface area contributed by atoms with E-state index in [1.807, 2.05) is 22.9 Å². The summed E-state index contributed by atoms with van der Waals surface area (Å²) >= 11 is 2.74. The minimum Gasteiger partial charge on any atom is -0.459 e. The number of fused-ring (bicyclic) bond motifs is 5. The number of carbonyl (C=O) groups excluding carboxylic acids is 1. The molecule has 5 atom stereocenters. The van der Waals surface area contributed by atoms with E-state index in [4.69, 9.17) is 9.47 Å². The maximum atomic E-state index is 13.1. The number of aliphatic hydroxyl groups is 1. The lowest BCUT2D eigenvalue weighted by Crippen LogP contribution is -2.60. The van der Waals surface area contributed by atoms with Crippen LogP contribution in [0.25, 0.3) is 0 Å². The van der Waals surface area contributed by atoms with Gasteiger partial charge < -0.3 is 19.1 Å². The van der Waals surface area contributed by atoms with Crippen molar-refractivity contribution in [1.29, 1.82) is 0 Å². The predicted octanol–water partition coefficient (Wildman–Crippen LogP) is 3.50. The summed E-state index contributed by atoms with van der Waals surface area (Å²) in [5.41, 5.74) is -1.72. The molecule has 1 N–H and O–H groups in total. The second-order valence-electron chi connectivity index (χ2n) is 7.99. The van der Waals surface area contributed by atoms with Crippen LogP contribution in [0.15, 0.2) is 35.0 Å². The molecule has 2 aromatic rings. The number of carbonyl (C=O) groups is 1. The van der Waals surface area contributed by atoms with Crippen LogP contribution in [0, 0.1) is 0 Å². The maximum absolute atomic E-state index is 13.1. The fraction of sp³-hybridized carbons (Fsp3) is 0.526. The molecule has 0 aromatic carbocycles. The number of piperidine rings is 1. The van der Waals surface area contributed by atoms with Crippen LogP contribution in [0.5, 0.6) is 0 Å². The summed E-state index contributed by atoms with van der Waals surface area (Å²) in [6.07, 6.45) is 2.05. The van der Waals surface area contributed by atoms with Crippen molar-refractivity contribution in [2.24, 2.45) is 0 Å². The largest absolute Gasteiger partial charge is 0.459 e. The number of rotatable bonds is 4. The zero-order valence-corrected chi connectivity index (χ0v) is 20.6. The monoisotopic (exact) mass is 552 g/mol. The minimum absolute atomic E-state index is 0. The Balaban J connectivity index is 0.00000112. The van der Waals surface area contributed by atoms with E-state index in [1.165, 1.54) is 22.7 Å². The van der Waals surface area contributed by atoms with Crippen molar-refractivity contribution in [3.63, 3.8) is 0 Å². The molecule has 0 aliphatic carbocycles. The molecule has 28 heavy (non-hydrogen) atoms. The van der Waals surface area contributed by atoms with E-state index in [2.05, 4.69) is 14.1 Å². The summed E-state index contributed by atoms with van der Waals surface area (Å²) in [7, 11) is 4.49. The molecule has 5 heterocycles. The number of likely N-dealkylation sites (N-methyl/N-ethyl adjacent to an activating group) is 1. The molecule has 3 aliphatic rings. The molecule has 3 aliphatic heterocycles.